The molecule has 8 heteroatoms. The number of methoxy groups -OCH3 is 1. The van der Waals surface area contributed by atoms with Gasteiger partial charge in [0.25, 0.3) is 5.91 Å². The lowest BCUT2D eigenvalue weighted by Crippen LogP contribution is -2.41. The van der Waals surface area contributed by atoms with E-state index in [0.29, 0.717) is 13.1 Å². The number of hydrogen-bond acceptors (Lipinski definition) is 5. The van der Waals surface area contributed by atoms with Gasteiger partial charge in [-0.2, -0.15) is 0 Å². The first kappa shape index (κ1) is 19.4. The van der Waals surface area contributed by atoms with E-state index in [-0.39, 0.29) is 18.0 Å². The first-order chi connectivity index (χ1) is 13.9. The number of likely N-dealkylation sites (tertiary alicyclic amines) is 1. The lowest BCUT2D eigenvalue weighted by molar-refractivity contribution is -0.130. The molecule has 3 heterocycles. The third-order valence-corrected chi connectivity index (χ3v) is 5.71. The number of amides is 3. The van der Waals surface area contributed by atoms with Gasteiger partial charge in [-0.25, -0.2) is 9.78 Å². The van der Waals surface area contributed by atoms with Crippen molar-refractivity contribution in [2.24, 2.45) is 0 Å². The van der Waals surface area contributed by atoms with Gasteiger partial charge in [0.15, 0.2) is 0 Å². The van der Waals surface area contributed by atoms with Crippen molar-refractivity contribution < 1.29 is 14.3 Å². The van der Waals surface area contributed by atoms with Gasteiger partial charge in [-0.15, -0.1) is 0 Å². The molecule has 0 spiro atoms. The van der Waals surface area contributed by atoms with Gasteiger partial charge in [-0.3, -0.25) is 14.6 Å². The fourth-order valence-corrected chi connectivity index (χ4v) is 4.10. The van der Waals surface area contributed by atoms with Gasteiger partial charge in [0.05, 0.1) is 25.0 Å². The second-order valence-corrected chi connectivity index (χ2v) is 8.12. The van der Waals surface area contributed by atoms with Crippen LogP contribution in [0.1, 0.15) is 38.6 Å². The molecule has 29 heavy (non-hydrogen) atoms. The van der Waals surface area contributed by atoms with E-state index in [1.807, 2.05) is 30.5 Å². The zero-order chi connectivity index (χ0) is 20.6. The van der Waals surface area contributed by atoms with Gasteiger partial charge in [-0.1, -0.05) is 12.1 Å². The number of rotatable bonds is 6. The van der Waals surface area contributed by atoms with Gasteiger partial charge in [0.2, 0.25) is 0 Å². The van der Waals surface area contributed by atoms with E-state index >= 15 is 0 Å². The number of carbonyl (C=O) groups excluding carboxylic acids is 2. The molecule has 0 bridgehead atoms. The van der Waals surface area contributed by atoms with E-state index in [0.717, 1.165) is 42.2 Å². The first-order valence-electron chi connectivity index (χ1n) is 9.96. The van der Waals surface area contributed by atoms with Crippen molar-refractivity contribution in [2.45, 2.75) is 38.3 Å². The molecule has 2 N–H and O–H groups in total. The smallest absolute Gasteiger partial charge is 0.325 e. The molecule has 1 aromatic heterocycles. The summed E-state index contributed by atoms with van der Waals surface area (Å²) >= 11 is 0. The molecule has 8 nitrogen and oxygen atoms in total. The molecular formula is C21H27N5O3. The highest BCUT2D eigenvalue weighted by Gasteiger charge is 2.44. The number of benzene rings is 1. The predicted molar refractivity (Wildman–Crippen MR) is 108 cm³/mol. The Kier molecular flexibility index (Phi) is 5.04. The number of carbonyl (C=O) groups is 2. The molecule has 1 unspecified atom stereocenters. The van der Waals surface area contributed by atoms with Crippen molar-refractivity contribution in [3.05, 3.63) is 36.3 Å². The Hall–Kier alpha value is -2.87. The van der Waals surface area contributed by atoms with Gasteiger partial charge in [0, 0.05) is 18.7 Å². The van der Waals surface area contributed by atoms with Gasteiger partial charge < -0.3 is 15.0 Å². The van der Waals surface area contributed by atoms with Crippen molar-refractivity contribution in [1.29, 1.82) is 0 Å². The Morgan fingerprint density at radius 3 is 2.83 bits per heavy atom. The van der Waals surface area contributed by atoms with Crippen molar-refractivity contribution >= 4 is 11.9 Å². The maximum atomic E-state index is 12.4. The summed E-state index contributed by atoms with van der Waals surface area (Å²) in [5.41, 5.74) is 1.14. The number of nitrogens with one attached hydrogen (secondary N) is 2. The van der Waals surface area contributed by atoms with Crippen LogP contribution in [0.15, 0.2) is 30.5 Å². The quantitative estimate of drug-likeness (QED) is 0.731. The van der Waals surface area contributed by atoms with E-state index in [2.05, 4.69) is 20.2 Å². The third kappa shape index (κ3) is 3.72. The van der Waals surface area contributed by atoms with Crippen LogP contribution in [0.3, 0.4) is 0 Å². The summed E-state index contributed by atoms with van der Waals surface area (Å²) in [5.74, 6) is 1.55. The second-order valence-electron chi connectivity index (χ2n) is 8.12. The lowest BCUT2D eigenvalue weighted by atomic mass is 10.1. The molecule has 4 rings (SSSR count). The number of H-pyrrole nitrogens is 1. The minimum Gasteiger partial charge on any atom is -0.497 e. The largest absolute Gasteiger partial charge is 0.497 e. The molecule has 2 saturated heterocycles. The average molecular weight is 397 g/mol. The number of nitrogens with zero attached hydrogens (tertiary/aromatic N) is 3. The number of ether oxygens (including phenoxy) is 1. The summed E-state index contributed by atoms with van der Waals surface area (Å²) in [7, 11) is 1.65. The monoisotopic (exact) mass is 397 g/mol. The van der Waals surface area contributed by atoms with Gasteiger partial charge >= 0.3 is 6.03 Å². The van der Waals surface area contributed by atoms with Gasteiger partial charge in [-0.05, 0) is 45.4 Å². The van der Waals surface area contributed by atoms with Crippen LogP contribution in [0.4, 0.5) is 4.79 Å². The summed E-state index contributed by atoms with van der Waals surface area (Å²) in [6.07, 6.45) is 3.91. The number of aromatic nitrogens is 2. The normalized spacial score (nSPS) is 21.6. The molecule has 1 aromatic carbocycles. The van der Waals surface area contributed by atoms with E-state index in [9.17, 15) is 9.59 Å². The van der Waals surface area contributed by atoms with Crippen molar-refractivity contribution in [3.63, 3.8) is 0 Å². The van der Waals surface area contributed by atoms with E-state index in [1.165, 1.54) is 4.90 Å². The number of urea groups is 1. The number of imide groups is 1. The van der Waals surface area contributed by atoms with Crippen molar-refractivity contribution in [3.8, 4) is 17.0 Å². The van der Waals surface area contributed by atoms with Crippen LogP contribution >= 0.6 is 0 Å². The highest BCUT2D eigenvalue weighted by atomic mass is 16.5. The van der Waals surface area contributed by atoms with Crippen LogP contribution in [0, 0.1) is 0 Å². The van der Waals surface area contributed by atoms with Crippen LogP contribution < -0.4 is 10.1 Å². The zero-order valence-corrected chi connectivity index (χ0v) is 17.1. The number of hydrogen-bond donors (Lipinski definition) is 2. The Balaban J connectivity index is 1.45. The fraction of sp³-hybridized carbons (Fsp3) is 0.476. The molecule has 2 aliphatic heterocycles. The average Bonchev–Trinajstić information content (AvgIpc) is 3.40. The highest BCUT2D eigenvalue weighted by Crippen LogP contribution is 2.32. The number of imidazole rings is 1. The van der Waals surface area contributed by atoms with Crippen LogP contribution in [0.5, 0.6) is 5.75 Å². The van der Waals surface area contributed by atoms with Gasteiger partial charge in [0.1, 0.15) is 17.1 Å². The van der Waals surface area contributed by atoms with Crippen LogP contribution in [0.25, 0.3) is 11.3 Å². The fourth-order valence-electron chi connectivity index (χ4n) is 4.10. The lowest BCUT2D eigenvalue weighted by Gasteiger charge is -2.25. The van der Waals surface area contributed by atoms with E-state index in [1.54, 1.807) is 21.0 Å². The molecule has 2 aromatic rings. The summed E-state index contributed by atoms with van der Waals surface area (Å²) in [4.78, 5) is 36.2. The molecule has 0 saturated carbocycles. The highest BCUT2D eigenvalue weighted by molar-refractivity contribution is 6.06. The molecule has 0 radical (unpaired) electrons. The number of aromatic amines is 1. The maximum absolute atomic E-state index is 12.4. The minimum absolute atomic E-state index is 0.156. The van der Waals surface area contributed by atoms with Crippen LogP contribution in [0.2, 0.25) is 0 Å². The Labute approximate surface area is 170 Å². The Morgan fingerprint density at radius 1 is 1.28 bits per heavy atom. The molecule has 3 amide bonds. The maximum Gasteiger partial charge on any atom is 0.325 e. The van der Waals surface area contributed by atoms with E-state index in [4.69, 9.17) is 4.74 Å². The second kappa shape index (κ2) is 7.51. The first-order valence-corrected chi connectivity index (χ1v) is 9.96. The third-order valence-electron chi connectivity index (χ3n) is 5.71. The van der Waals surface area contributed by atoms with Crippen molar-refractivity contribution in [1.82, 2.24) is 25.1 Å². The molecule has 154 valence electrons. The van der Waals surface area contributed by atoms with Crippen LogP contribution in [-0.4, -0.2) is 64.0 Å². The Morgan fingerprint density at radius 2 is 2.10 bits per heavy atom. The standard InChI is InChI=1S/C21H27N5O3/c1-21(2)19(27)26(20(28)24-21)11-10-25-9-5-8-17(25)18-22-13-16(23-18)14-6-4-7-15(12-14)29-3/h4,6-7,12-13,17H,5,8-11H2,1-3H3,(H,22,23)(H,24,28). The molecule has 2 aliphatic rings. The molecule has 0 aliphatic carbocycles. The predicted octanol–water partition coefficient (Wildman–Crippen LogP) is 2.55. The molecule has 1 atom stereocenters. The Bertz CT molecular complexity index is 923. The summed E-state index contributed by atoms with van der Waals surface area (Å²) in [6, 6.07) is 7.71. The topological polar surface area (TPSA) is 90.6 Å². The van der Waals surface area contributed by atoms with Crippen molar-refractivity contribution in [2.75, 3.05) is 26.7 Å². The minimum atomic E-state index is -0.825. The molecular weight excluding hydrogens is 370 g/mol. The van der Waals surface area contributed by atoms with Crippen LogP contribution in [-0.2, 0) is 4.79 Å². The van der Waals surface area contributed by atoms with E-state index < -0.39 is 5.54 Å². The summed E-state index contributed by atoms with van der Waals surface area (Å²) in [6.45, 7) is 5.40. The SMILES string of the molecule is COc1cccc(-c2cnc(C3CCCN3CCN3C(=O)NC(C)(C)C3=O)[nH]2)c1. The summed E-state index contributed by atoms with van der Waals surface area (Å²) < 4.78 is 5.31. The zero-order valence-electron chi connectivity index (χ0n) is 17.1. The summed E-state index contributed by atoms with van der Waals surface area (Å²) in [5, 5.41) is 2.73. The molecule has 2 fully saturated rings.